The number of benzene rings is 1. The Morgan fingerprint density at radius 3 is 2.52 bits per heavy atom. The Balaban J connectivity index is 2.44. The Morgan fingerprint density at radius 1 is 1.22 bits per heavy atom. The summed E-state index contributed by atoms with van der Waals surface area (Å²) in [6.45, 7) is -2.18. The van der Waals surface area contributed by atoms with Gasteiger partial charge in [0.2, 0.25) is 0 Å². The van der Waals surface area contributed by atoms with Crippen molar-refractivity contribution in [1.29, 1.82) is 0 Å². The second-order valence-corrected chi connectivity index (χ2v) is 4.15. The second-order valence-electron chi connectivity index (χ2n) is 4.15. The lowest BCUT2D eigenvalue weighted by atomic mass is 10.2. The summed E-state index contributed by atoms with van der Waals surface area (Å²) in [5.41, 5.74) is 0.188. The first-order chi connectivity index (χ1) is 10.7. The number of esters is 1. The van der Waals surface area contributed by atoms with E-state index < -0.39 is 37.2 Å². The quantitative estimate of drug-likeness (QED) is 0.790. The van der Waals surface area contributed by atoms with Crippen molar-refractivity contribution in [3.8, 4) is 5.75 Å². The minimum atomic E-state index is -4.58. The predicted molar refractivity (Wildman–Crippen MR) is 70.9 cm³/mol. The molecule has 2 N–H and O–H groups in total. The molecule has 0 unspecified atom stereocenters. The zero-order chi connectivity index (χ0) is 17.5. The molecular formula is C13H13F3N2O5. The van der Waals surface area contributed by atoms with Gasteiger partial charge in [-0.2, -0.15) is 13.2 Å². The summed E-state index contributed by atoms with van der Waals surface area (Å²) in [6.07, 6.45) is -4.58. The molecule has 0 aliphatic rings. The zero-order valence-corrected chi connectivity index (χ0v) is 11.9. The highest BCUT2D eigenvalue weighted by Gasteiger charge is 2.27. The molecule has 0 radical (unpaired) electrons. The van der Waals surface area contributed by atoms with Crippen LogP contribution < -0.4 is 15.4 Å². The van der Waals surface area contributed by atoms with Gasteiger partial charge in [-0.05, 0) is 18.2 Å². The smallest absolute Gasteiger partial charge is 0.405 e. The maximum atomic E-state index is 11.9. The van der Waals surface area contributed by atoms with Gasteiger partial charge in [-0.1, -0.05) is 6.07 Å². The van der Waals surface area contributed by atoms with E-state index in [2.05, 4.69) is 4.74 Å². The fourth-order valence-electron chi connectivity index (χ4n) is 1.37. The molecule has 0 saturated heterocycles. The van der Waals surface area contributed by atoms with Gasteiger partial charge in [0.15, 0.2) is 6.61 Å². The van der Waals surface area contributed by atoms with Crippen LogP contribution in [0.15, 0.2) is 24.3 Å². The van der Waals surface area contributed by atoms with Gasteiger partial charge in [-0.25, -0.2) is 9.59 Å². The third-order valence-electron chi connectivity index (χ3n) is 2.33. The van der Waals surface area contributed by atoms with Crippen LogP contribution in [0.3, 0.4) is 0 Å². The molecule has 0 fully saturated rings. The number of urea groups is 1. The number of methoxy groups -OCH3 is 1. The van der Waals surface area contributed by atoms with Crippen molar-refractivity contribution in [3.05, 3.63) is 29.8 Å². The SMILES string of the molecule is COC(=O)c1cccc(OCC(=O)NC(=O)NCC(F)(F)F)c1. The highest BCUT2D eigenvalue weighted by molar-refractivity contribution is 5.95. The molecule has 0 heterocycles. The lowest BCUT2D eigenvalue weighted by Gasteiger charge is -2.10. The number of imide groups is 1. The van der Waals surface area contributed by atoms with E-state index in [-0.39, 0.29) is 11.3 Å². The number of rotatable bonds is 5. The molecule has 23 heavy (non-hydrogen) atoms. The first kappa shape index (κ1) is 18.3. The highest BCUT2D eigenvalue weighted by Crippen LogP contribution is 2.14. The van der Waals surface area contributed by atoms with Crippen molar-refractivity contribution >= 4 is 17.9 Å². The van der Waals surface area contributed by atoms with Gasteiger partial charge in [0.05, 0.1) is 12.7 Å². The van der Waals surface area contributed by atoms with Crippen LogP contribution in [0.1, 0.15) is 10.4 Å². The first-order valence-electron chi connectivity index (χ1n) is 6.17. The van der Waals surface area contributed by atoms with Crippen LogP contribution in [0.5, 0.6) is 5.75 Å². The molecule has 0 bridgehead atoms. The van der Waals surface area contributed by atoms with E-state index >= 15 is 0 Å². The average molecular weight is 334 g/mol. The lowest BCUT2D eigenvalue weighted by Crippen LogP contribution is -2.44. The number of carbonyl (C=O) groups excluding carboxylic acids is 3. The Kier molecular flexibility index (Phi) is 6.36. The molecule has 0 saturated carbocycles. The minimum Gasteiger partial charge on any atom is -0.484 e. The van der Waals surface area contributed by atoms with Crippen molar-refractivity contribution in [2.75, 3.05) is 20.3 Å². The van der Waals surface area contributed by atoms with Gasteiger partial charge in [-0.3, -0.25) is 10.1 Å². The topological polar surface area (TPSA) is 93.7 Å². The molecule has 3 amide bonds. The molecule has 0 aromatic heterocycles. The van der Waals surface area contributed by atoms with Crippen molar-refractivity contribution in [3.63, 3.8) is 0 Å². The molecule has 126 valence electrons. The molecule has 0 aliphatic carbocycles. The number of hydrogen-bond acceptors (Lipinski definition) is 5. The average Bonchev–Trinajstić information content (AvgIpc) is 2.50. The van der Waals surface area contributed by atoms with Crippen LogP contribution in [0.2, 0.25) is 0 Å². The van der Waals surface area contributed by atoms with E-state index in [4.69, 9.17) is 4.74 Å². The van der Waals surface area contributed by atoms with Crippen LogP contribution in [0.4, 0.5) is 18.0 Å². The molecule has 1 aromatic rings. The monoisotopic (exact) mass is 334 g/mol. The molecule has 1 aromatic carbocycles. The number of hydrogen-bond donors (Lipinski definition) is 2. The number of ether oxygens (including phenoxy) is 2. The van der Waals surface area contributed by atoms with Gasteiger partial charge in [0.1, 0.15) is 12.3 Å². The van der Waals surface area contributed by atoms with Gasteiger partial charge in [0.25, 0.3) is 5.91 Å². The van der Waals surface area contributed by atoms with E-state index in [1.54, 1.807) is 5.32 Å². The Bertz CT molecular complexity index is 589. The van der Waals surface area contributed by atoms with Gasteiger partial charge < -0.3 is 14.8 Å². The van der Waals surface area contributed by atoms with Gasteiger partial charge in [0, 0.05) is 0 Å². The molecule has 7 nitrogen and oxygen atoms in total. The third kappa shape index (κ3) is 7.16. The Labute approximate surface area is 128 Å². The van der Waals surface area contributed by atoms with Crippen LogP contribution in [0, 0.1) is 0 Å². The van der Waals surface area contributed by atoms with Crippen LogP contribution >= 0.6 is 0 Å². The standard InChI is InChI=1S/C13H13F3N2O5/c1-22-11(20)8-3-2-4-9(5-8)23-6-10(19)18-12(21)17-7-13(14,15)16/h2-5H,6-7H2,1H3,(H2,17,18,19,21). The molecular weight excluding hydrogens is 321 g/mol. The first-order valence-corrected chi connectivity index (χ1v) is 6.17. The van der Waals surface area contributed by atoms with Gasteiger partial charge >= 0.3 is 18.2 Å². The number of halogens is 3. The number of alkyl halides is 3. The maximum Gasteiger partial charge on any atom is 0.405 e. The molecule has 0 spiro atoms. The van der Waals surface area contributed by atoms with Crippen LogP contribution in [-0.2, 0) is 9.53 Å². The Hall–Kier alpha value is -2.78. The fraction of sp³-hybridized carbons (Fsp3) is 0.308. The van der Waals surface area contributed by atoms with Gasteiger partial charge in [-0.15, -0.1) is 0 Å². The van der Waals surface area contributed by atoms with Crippen molar-refractivity contribution in [2.24, 2.45) is 0 Å². The molecule has 1 rings (SSSR count). The zero-order valence-electron chi connectivity index (χ0n) is 11.9. The fourth-order valence-corrected chi connectivity index (χ4v) is 1.37. The van der Waals surface area contributed by atoms with E-state index in [0.29, 0.717) is 0 Å². The maximum absolute atomic E-state index is 11.9. The van der Waals surface area contributed by atoms with E-state index in [1.807, 2.05) is 0 Å². The lowest BCUT2D eigenvalue weighted by molar-refractivity contribution is -0.125. The number of carbonyl (C=O) groups is 3. The van der Waals surface area contributed by atoms with E-state index in [9.17, 15) is 27.6 Å². The summed E-state index contributed by atoms with van der Waals surface area (Å²) in [4.78, 5) is 33.7. The molecule has 10 heteroatoms. The number of nitrogens with one attached hydrogen (secondary N) is 2. The molecule has 0 atom stereocenters. The highest BCUT2D eigenvalue weighted by atomic mass is 19.4. The van der Waals surface area contributed by atoms with E-state index in [0.717, 1.165) is 0 Å². The summed E-state index contributed by atoms with van der Waals surface area (Å²) in [5.74, 6) is -1.40. The summed E-state index contributed by atoms with van der Waals surface area (Å²) < 4.78 is 45.1. The Morgan fingerprint density at radius 2 is 1.91 bits per heavy atom. The molecule has 0 aliphatic heterocycles. The summed E-state index contributed by atoms with van der Waals surface area (Å²) in [5, 5.41) is 3.14. The van der Waals surface area contributed by atoms with Crippen LogP contribution in [0.25, 0.3) is 0 Å². The predicted octanol–water partition coefficient (Wildman–Crippen LogP) is 1.24. The van der Waals surface area contributed by atoms with Crippen molar-refractivity contribution in [1.82, 2.24) is 10.6 Å². The summed E-state index contributed by atoms with van der Waals surface area (Å²) >= 11 is 0. The van der Waals surface area contributed by atoms with Crippen molar-refractivity contribution in [2.45, 2.75) is 6.18 Å². The van der Waals surface area contributed by atoms with Crippen molar-refractivity contribution < 1.29 is 37.0 Å². The second kappa shape index (κ2) is 8.01. The van der Waals surface area contributed by atoms with E-state index in [1.165, 1.54) is 36.7 Å². The normalized spacial score (nSPS) is 10.6. The largest absolute Gasteiger partial charge is 0.484 e. The van der Waals surface area contributed by atoms with Crippen LogP contribution in [-0.4, -0.2) is 44.3 Å². The summed E-state index contributed by atoms with van der Waals surface area (Å²) in [6, 6.07) is 4.41. The minimum absolute atomic E-state index is 0.152. The number of amides is 3. The summed E-state index contributed by atoms with van der Waals surface area (Å²) in [7, 11) is 1.20. The third-order valence-corrected chi connectivity index (χ3v) is 2.33.